The summed E-state index contributed by atoms with van der Waals surface area (Å²) in [5, 5.41) is 2.14. The van der Waals surface area contributed by atoms with E-state index in [2.05, 4.69) is 10.0 Å². The Morgan fingerprint density at radius 2 is 1.71 bits per heavy atom. The van der Waals surface area contributed by atoms with Crippen molar-refractivity contribution in [3.8, 4) is 0 Å². The Bertz CT molecular complexity index is 468. The maximum atomic E-state index is 11.9. The van der Waals surface area contributed by atoms with Crippen molar-refractivity contribution in [2.75, 3.05) is 18.9 Å². The minimum Gasteiger partial charge on any atom is -0.376 e. The highest BCUT2D eigenvalue weighted by atomic mass is 32.2. The molecule has 0 aliphatic heterocycles. The van der Waals surface area contributed by atoms with Gasteiger partial charge >= 0.3 is 6.18 Å². The monoisotopic (exact) mass is 268 g/mol. The van der Waals surface area contributed by atoms with Gasteiger partial charge in [-0.15, -0.1) is 0 Å². The maximum absolute atomic E-state index is 11.9. The molecule has 0 heterocycles. The molecule has 96 valence electrons. The molecule has 0 bridgehead atoms. The SMILES string of the molecule is CNS(=O)(=O)c1ccc(NCC(F)(F)F)cc1. The molecule has 0 amide bonds. The maximum Gasteiger partial charge on any atom is 0.405 e. The summed E-state index contributed by atoms with van der Waals surface area (Å²) in [5.41, 5.74) is 0.206. The molecule has 4 nitrogen and oxygen atoms in total. The second-order valence-electron chi connectivity index (χ2n) is 3.20. The summed E-state index contributed by atoms with van der Waals surface area (Å²) in [4.78, 5) is -0.00226. The van der Waals surface area contributed by atoms with Crippen molar-refractivity contribution >= 4 is 15.7 Å². The summed E-state index contributed by atoms with van der Waals surface area (Å²) in [6.07, 6.45) is -4.31. The number of hydrogen-bond donors (Lipinski definition) is 2. The van der Waals surface area contributed by atoms with Gasteiger partial charge in [-0.25, -0.2) is 13.1 Å². The Hall–Kier alpha value is -1.28. The molecule has 0 radical (unpaired) electrons. The number of hydrogen-bond acceptors (Lipinski definition) is 3. The van der Waals surface area contributed by atoms with E-state index in [0.717, 1.165) is 0 Å². The van der Waals surface area contributed by atoms with Crippen LogP contribution in [0, 0.1) is 0 Å². The number of alkyl halides is 3. The van der Waals surface area contributed by atoms with Gasteiger partial charge < -0.3 is 5.32 Å². The van der Waals surface area contributed by atoms with Gasteiger partial charge in [0.2, 0.25) is 10.0 Å². The molecule has 1 rings (SSSR count). The van der Waals surface area contributed by atoms with Crippen LogP contribution in [0.15, 0.2) is 29.2 Å². The van der Waals surface area contributed by atoms with Crippen LogP contribution in [-0.4, -0.2) is 28.2 Å². The fourth-order valence-corrected chi connectivity index (χ4v) is 1.80. The highest BCUT2D eigenvalue weighted by Gasteiger charge is 2.26. The molecule has 0 saturated heterocycles. The van der Waals surface area contributed by atoms with E-state index in [1.807, 2.05) is 0 Å². The van der Waals surface area contributed by atoms with E-state index in [0.29, 0.717) is 0 Å². The van der Waals surface area contributed by atoms with Crippen molar-refractivity contribution in [2.24, 2.45) is 0 Å². The zero-order valence-corrected chi connectivity index (χ0v) is 9.69. The number of benzene rings is 1. The molecule has 8 heteroatoms. The summed E-state index contributed by atoms with van der Waals surface area (Å²) in [6, 6.07) is 5.00. The van der Waals surface area contributed by atoms with Gasteiger partial charge in [0.25, 0.3) is 0 Å². The first kappa shape index (κ1) is 13.8. The third kappa shape index (κ3) is 4.23. The van der Waals surface area contributed by atoms with Gasteiger partial charge in [0, 0.05) is 5.69 Å². The zero-order chi connectivity index (χ0) is 13.1. The first-order valence-electron chi connectivity index (χ1n) is 4.59. The lowest BCUT2D eigenvalue weighted by Crippen LogP contribution is -2.21. The molecule has 1 aromatic carbocycles. The fraction of sp³-hybridized carbons (Fsp3) is 0.333. The van der Waals surface area contributed by atoms with E-state index < -0.39 is 22.7 Å². The smallest absolute Gasteiger partial charge is 0.376 e. The number of anilines is 1. The first-order valence-corrected chi connectivity index (χ1v) is 6.07. The minimum absolute atomic E-state index is 0.00226. The topological polar surface area (TPSA) is 58.2 Å². The van der Waals surface area contributed by atoms with Crippen LogP contribution in [0.25, 0.3) is 0 Å². The van der Waals surface area contributed by atoms with Gasteiger partial charge in [0.15, 0.2) is 0 Å². The third-order valence-corrected chi connectivity index (χ3v) is 3.36. The summed E-state index contributed by atoms with van der Waals surface area (Å²) in [5.74, 6) is 0. The lowest BCUT2D eigenvalue weighted by Gasteiger charge is -2.10. The average molecular weight is 268 g/mol. The summed E-state index contributed by atoms with van der Waals surface area (Å²) in [7, 11) is -2.30. The van der Waals surface area contributed by atoms with Gasteiger partial charge in [-0.05, 0) is 31.3 Å². The molecule has 1 aromatic rings. The van der Waals surface area contributed by atoms with Gasteiger partial charge in [-0.3, -0.25) is 0 Å². The number of sulfonamides is 1. The quantitative estimate of drug-likeness (QED) is 0.871. The van der Waals surface area contributed by atoms with Gasteiger partial charge in [-0.2, -0.15) is 13.2 Å². The second-order valence-corrected chi connectivity index (χ2v) is 5.09. The van der Waals surface area contributed by atoms with Crippen LogP contribution in [-0.2, 0) is 10.0 Å². The molecule has 0 saturated carbocycles. The summed E-state index contributed by atoms with van der Waals surface area (Å²) in [6.45, 7) is -1.16. The molecule has 2 N–H and O–H groups in total. The average Bonchev–Trinajstić information content (AvgIpc) is 2.26. The zero-order valence-electron chi connectivity index (χ0n) is 8.88. The van der Waals surface area contributed by atoms with E-state index in [1.54, 1.807) is 0 Å². The van der Waals surface area contributed by atoms with Crippen LogP contribution < -0.4 is 10.0 Å². The Morgan fingerprint density at radius 1 is 1.18 bits per heavy atom. The van der Waals surface area contributed by atoms with Crippen molar-refractivity contribution in [3.63, 3.8) is 0 Å². The molecule has 0 spiro atoms. The molecule has 0 unspecified atom stereocenters. The highest BCUT2D eigenvalue weighted by molar-refractivity contribution is 7.89. The van der Waals surface area contributed by atoms with E-state index >= 15 is 0 Å². The van der Waals surface area contributed by atoms with E-state index in [9.17, 15) is 21.6 Å². The van der Waals surface area contributed by atoms with E-state index in [4.69, 9.17) is 0 Å². The largest absolute Gasteiger partial charge is 0.405 e. The van der Waals surface area contributed by atoms with Crippen molar-refractivity contribution in [2.45, 2.75) is 11.1 Å². The molecular weight excluding hydrogens is 257 g/mol. The van der Waals surface area contributed by atoms with Crippen LogP contribution in [0.1, 0.15) is 0 Å². The standard InChI is InChI=1S/C9H11F3N2O2S/c1-13-17(15,16)8-4-2-7(3-5-8)14-6-9(10,11)12/h2-5,13-14H,6H2,1H3. The molecule has 0 atom stereocenters. The van der Waals surface area contributed by atoms with Crippen molar-refractivity contribution in [3.05, 3.63) is 24.3 Å². The third-order valence-electron chi connectivity index (χ3n) is 1.93. The molecule has 0 fully saturated rings. The summed E-state index contributed by atoms with van der Waals surface area (Å²) >= 11 is 0. The second kappa shape index (κ2) is 4.92. The Morgan fingerprint density at radius 3 is 2.12 bits per heavy atom. The van der Waals surface area contributed by atoms with Crippen LogP contribution in [0.3, 0.4) is 0 Å². The van der Waals surface area contributed by atoms with Gasteiger partial charge in [0.05, 0.1) is 4.90 Å². The lowest BCUT2D eigenvalue weighted by molar-refractivity contribution is -0.115. The normalized spacial score (nSPS) is 12.5. The molecule has 0 aliphatic carbocycles. The minimum atomic E-state index is -4.31. The van der Waals surface area contributed by atoms with Crippen LogP contribution in [0.2, 0.25) is 0 Å². The Balaban J connectivity index is 2.76. The van der Waals surface area contributed by atoms with Crippen LogP contribution in [0.4, 0.5) is 18.9 Å². The number of nitrogens with one attached hydrogen (secondary N) is 2. The summed E-state index contributed by atoms with van der Waals surface area (Å²) < 4.78 is 60.4. The van der Waals surface area contributed by atoms with Crippen LogP contribution in [0.5, 0.6) is 0 Å². The van der Waals surface area contributed by atoms with Crippen molar-refractivity contribution in [1.29, 1.82) is 0 Å². The molecule has 0 aliphatic rings. The van der Waals surface area contributed by atoms with E-state index in [1.165, 1.54) is 31.3 Å². The predicted octanol–water partition coefficient (Wildman–Crippen LogP) is 1.57. The molecule has 0 aromatic heterocycles. The lowest BCUT2D eigenvalue weighted by atomic mass is 10.3. The van der Waals surface area contributed by atoms with Gasteiger partial charge in [0.1, 0.15) is 6.54 Å². The van der Waals surface area contributed by atoms with Crippen molar-refractivity contribution in [1.82, 2.24) is 4.72 Å². The van der Waals surface area contributed by atoms with Crippen molar-refractivity contribution < 1.29 is 21.6 Å². The first-order chi connectivity index (χ1) is 7.74. The predicted molar refractivity (Wildman–Crippen MR) is 57.2 cm³/mol. The highest BCUT2D eigenvalue weighted by Crippen LogP contribution is 2.18. The Kier molecular flexibility index (Phi) is 3.99. The van der Waals surface area contributed by atoms with Crippen LogP contribution >= 0.6 is 0 Å². The number of halogens is 3. The number of rotatable bonds is 4. The van der Waals surface area contributed by atoms with Gasteiger partial charge in [-0.1, -0.05) is 0 Å². The molecular formula is C9H11F3N2O2S. The Labute approximate surface area is 96.9 Å². The van der Waals surface area contributed by atoms with E-state index in [-0.39, 0.29) is 10.6 Å². The molecule has 17 heavy (non-hydrogen) atoms. The fourth-order valence-electron chi connectivity index (χ4n) is 1.07.